The highest BCUT2D eigenvalue weighted by Crippen LogP contribution is 2.40. The van der Waals surface area contributed by atoms with Crippen molar-refractivity contribution in [1.82, 2.24) is 0 Å². The Labute approximate surface area is 232 Å². The number of anilines is 1. The molecule has 1 heterocycles. The van der Waals surface area contributed by atoms with Gasteiger partial charge in [-0.15, -0.1) is 0 Å². The molecule has 1 saturated heterocycles. The number of carbonyl (C=O) groups is 1. The highest BCUT2D eigenvalue weighted by molar-refractivity contribution is 9.10. The molecule has 4 aromatic carbocycles. The van der Waals surface area contributed by atoms with Crippen LogP contribution in [0.3, 0.4) is 0 Å². The topological polar surface area (TPSA) is 38.8 Å². The predicted octanol–water partition coefficient (Wildman–Crippen LogP) is 8.25. The van der Waals surface area contributed by atoms with Crippen LogP contribution in [0.25, 0.3) is 16.8 Å². The quantitative estimate of drug-likeness (QED) is 0.166. The van der Waals surface area contributed by atoms with Crippen LogP contribution in [-0.4, -0.2) is 17.3 Å². The summed E-state index contributed by atoms with van der Waals surface area (Å²) in [6.07, 6.45) is 1.80. The lowest BCUT2D eigenvalue weighted by molar-refractivity contribution is -0.113. The number of amides is 1. The molecule has 0 atom stereocenters. The average molecular weight is 597 g/mol. The lowest BCUT2D eigenvalue weighted by atomic mass is 10.1. The predicted molar refractivity (Wildman–Crippen MR) is 156 cm³/mol. The molecule has 180 valence electrons. The third-order valence-corrected chi connectivity index (χ3v) is 7.82. The number of methoxy groups -OCH3 is 1. The molecule has 0 saturated carbocycles. The van der Waals surface area contributed by atoms with Gasteiger partial charge in [0.2, 0.25) is 0 Å². The number of benzene rings is 4. The first-order valence-corrected chi connectivity index (χ1v) is 13.3. The summed E-state index contributed by atoms with van der Waals surface area (Å²) < 4.78 is 13.0. The summed E-state index contributed by atoms with van der Waals surface area (Å²) in [6, 6.07) is 25.1. The van der Waals surface area contributed by atoms with Gasteiger partial charge in [-0.2, -0.15) is 0 Å². The third kappa shape index (κ3) is 5.02. The largest absolute Gasteiger partial charge is 0.493 e. The zero-order chi connectivity index (χ0) is 25.2. The summed E-state index contributed by atoms with van der Waals surface area (Å²) in [6.45, 7) is 0.384. The number of rotatable bonds is 6. The number of nitrogens with zero attached hydrogens (tertiary/aromatic N) is 1. The standard InChI is InChI=1S/C28H19BrClNO3S2/c1-33-24-14-17(15-25-27(32)31(28(35)36-25)21-11-9-20(30)10-12-21)13-23(29)26(24)34-16-19-7-4-6-18-5-2-3-8-22(18)19/h2-15H,16H2,1H3/b25-15+. The van der Waals surface area contributed by atoms with Gasteiger partial charge in [-0.25, -0.2) is 0 Å². The van der Waals surface area contributed by atoms with E-state index in [9.17, 15) is 4.79 Å². The lowest BCUT2D eigenvalue weighted by Crippen LogP contribution is -2.27. The Morgan fingerprint density at radius 3 is 2.58 bits per heavy atom. The van der Waals surface area contributed by atoms with E-state index < -0.39 is 0 Å². The first kappa shape index (κ1) is 24.8. The summed E-state index contributed by atoms with van der Waals surface area (Å²) in [7, 11) is 1.59. The van der Waals surface area contributed by atoms with Crippen LogP contribution in [0.1, 0.15) is 11.1 Å². The molecule has 1 aliphatic rings. The van der Waals surface area contributed by atoms with Gasteiger partial charge in [-0.3, -0.25) is 9.69 Å². The number of thiocarbonyl (C=S) groups is 1. The Morgan fingerprint density at radius 2 is 1.81 bits per heavy atom. The summed E-state index contributed by atoms with van der Waals surface area (Å²) in [4.78, 5) is 15.2. The van der Waals surface area contributed by atoms with E-state index in [0.29, 0.717) is 38.0 Å². The van der Waals surface area contributed by atoms with Gasteiger partial charge in [-0.05, 0) is 80.3 Å². The fourth-order valence-electron chi connectivity index (χ4n) is 3.96. The van der Waals surface area contributed by atoms with Crippen LogP contribution < -0.4 is 14.4 Å². The molecule has 0 aromatic heterocycles. The third-order valence-electron chi connectivity index (χ3n) is 5.68. The van der Waals surface area contributed by atoms with Crippen molar-refractivity contribution in [1.29, 1.82) is 0 Å². The van der Waals surface area contributed by atoms with Crippen molar-refractivity contribution in [2.75, 3.05) is 12.0 Å². The van der Waals surface area contributed by atoms with E-state index in [1.54, 1.807) is 37.5 Å². The summed E-state index contributed by atoms with van der Waals surface area (Å²) in [5.74, 6) is 0.971. The monoisotopic (exact) mass is 595 g/mol. The molecule has 0 unspecified atom stereocenters. The van der Waals surface area contributed by atoms with Gasteiger partial charge < -0.3 is 9.47 Å². The van der Waals surface area contributed by atoms with Crippen LogP contribution in [0.5, 0.6) is 11.5 Å². The smallest absolute Gasteiger partial charge is 0.270 e. The molecule has 5 rings (SSSR count). The second-order valence-electron chi connectivity index (χ2n) is 7.95. The number of fused-ring (bicyclic) bond motifs is 1. The van der Waals surface area contributed by atoms with E-state index in [-0.39, 0.29) is 5.91 Å². The van der Waals surface area contributed by atoms with Gasteiger partial charge in [0.15, 0.2) is 15.8 Å². The molecule has 0 N–H and O–H groups in total. The van der Waals surface area contributed by atoms with E-state index in [4.69, 9.17) is 33.3 Å². The van der Waals surface area contributed by atoms with Gasteiger partial charge in [0.25, 0.3) is 5.91 Å². The maximum absolute atomic E-state index is 13.1. The molecule has 36 heavy (non-hydrogen) atoms. The van der Waals surface area contributed by atoms with Crippen LogP contribution in [-0.2, 0) is 11.4 Å². The van der Waals surface area contributed by atoms with Crippen molar-refractivity contribution < 1.29 is 14.3 Å². The zero-order valence-corrected chi connectivity index (χ0v) is 23.0. The second-order valence-corrected chi connectivity index (χ2v) is 10.9. The minimum atomic E-state index is -0.182. The average Bonchev–Trinajstić information content (AvgIpc) is 3.16. The van der Waals surface area contributed by atoms with Gasteiger partial charge in [0.1, 0.15) is 6.61 Å². The van der Waals surface area contributed by atoms with E-state index in [1.807, 2.05) is 30.3 Å². The Balaban J connectivity index is 1.40. The number of carbonyl (C=O) groups excluding carboxylic acids is 1. The molecule has 1 aliphatic heterocycles. The van der Waals surface area contributed by atoms with E-state index in [2.05, 4.69) is 40.2 Å². The lowest BCUT2D eigenvalue weighted by Gasteiger charge is -2.15. The fraction of sp³-hybridized carbons (Fsp3) is 0.0714. The molecule has 0 spiro atoms. The Hall–Kier alpha value is -2.84. The number of ether oxygens (including phenoxy) is 2. The highest BCUT2D eigenvalue weighted by atomic mass is 79.9. The van der Waals surface area contributed by atoms with Gasteiger partial charge in [0, 0.05) is 5.02 Å². The summed E-state index contributed by atoms with van der Waals surface area (Å²) >= 11 is 16.3. The Bertz CT molecular complexity index is 1520. The maximum atomic E-state index is 13.1. The second kappa shape index (κ2) is 10.6. The van der Waals surface area contributed by atoms with Crippen LogP contribution >= 0.6 is 51.5 Å². The summed E-state index contributed by atoms with van der Waals surface area (Å²) in [5.41, 5.74) is 2.55. The first-order valence-electron chi connectivity index (χ1n) is 10.9. The molecule has 1 amide bonds. The minimum Gasteiger partial charge on any atom is -0.493 e. The molecular formula is C28H19BrClNO3S2. The van der Waals surface area contributed by atoms with E-state index in [1.165, 1.54) is 16.7 Å². The molecule has 4 aromatic rings. The van der Waals surface area contributed by atoms with E-state index in [0.717, 1.165) is 26.4 Å². The van der Waals surface area contributed by atoms with Crippen LogP contribution in [0, 0.1) is 0 Å². The van der Waals surface area contributed by atoms with Crippen molar-refractivity contribution >= 4 is 84.3 Å². The SMILES string of the molecule is COc1cc(/C=C2/SC(=S)N(c3ccc(Cl)cc3)C2=O)cc(Br)c1OCc1cccc2ccccc12. The van der Waals surface area contributed by atoms with Gasteiger partial charge in [0.05, 0.1) is 22.2 Å². The molecule has 0 bridgehead atoms. The number of hydrogen-bond donors (Lipinski definition) is 0. The van der Waals surface area contributed by atoms with Crippen LogP contribution in [0.15, 0.2) is 88.2 Å². The number of thioether (sulfide) groups is 1. The minimum absolute atomic E-state index is 0.182. The Kier molecular flexibility index (Phi) is 7.34. The van der Waals surface area contributed by atoms with Crippen molar-refractivity contribution in [2.24, 2.45) is 0 Å². The highest BCUT2D eigenvalue weighted by Gasteiger charge is 2.33. The van der Waals surface area contributed by atoms with Crippen LogP contribution in [0.2, 0.25) is 5.02 Å². The van der Waals surface area contributed by atoms with Gasteiger partial charge in [-0.1, -0.05) is 78.0 Å². The van der Waals surface area contributed by atoms with E-state index >= 15 is 0 Å². The normalized spacial score (nSPS) is 14.6. The van der Waals surface area contributed by atoms with Crippen LogP contribution in [0.4, 0.5) is 5.69 Å². The Morgan fingerprint density at radius 1 is 1.06 bits per heavy atom. The van der Waals surface area contributed by atoms with Crippen molar-refractivity contribution in [3.8, 4) is 11.5 Å². The zero-order valence-electron chi connectivity index (χ0n) is 19.0. The maximum Gasteiger partial charge on any atom is 0.270 e. The molecule has 4 nitrogen and oxygen atoms in total. The molecule has 1 fully saturated rings. The van der Waals surface area contributed by atoms with Gasteiger partial charge >= 0.3 is 0 Å². The van der Waals surface area contributed by atoms with Crippen molar-refractivity contribution in [3.63, 3.8) is 0 Å². The first-order chi connectivity index (χ1) is 17.4. The molecular weight excluding hydrogens is 578 g/mol. The summed E-state index contributed by atoms with van der Waals surface area (Å²) in [5, 5.41) is 2.91. The fourth-order valence-corrected chi connectivity index (χ4v) is 5.96. The van der Waals surface area contributed by atoms with Crippen molar-refractivity contribution in [2.45, 2.75) is 6.61 Å². The molecule has 8 heteroatoms. The molecule has 0 aliphatic carbocycles. The number of hydrogen-bond acceptors (Lipinski definition) is 5. The number of halogens is 2. The molecule has 0 radical (unpaired) electrons. The van der Waals surface area contributed by atoms with Crippen molar-refractivity contribution in [3.05, 3.63) is 104 Å².